The van der Waals surface area contributed by atoms with E-state index in [-0.39, 0.29) is 0 Å². The Labute approximate surface area is 168 Å². The lowest BCUT2D eigenvalue weighted by Gasteiger charge is -2.15. The van der Waals surface area contributed by atoms with Crippen LogP contribution in [0.4, 0.5) is 22.5 Å². The van der Waals surface area contributed by atoms with E-state index in [0.29, 0.717) is 5.95 Å². The van der Waals surface area contributed by atoms with E-state index >= 15 is 0 Å². The largest absolute Gasteiger partial charge is 0.324 e. The van der Waals surface area contributed by atoms with Crippen LogP contribution in [0.5, 0.6) is 0 Å². The predicted molar refractivity (Wildman–Crippen MR) is 117 cm³/mol. The van der Waals surface area contributed by atoms with E-state index in [1.54, 1.807) is 17.5 Å². The van der Waals surface area contributed by atoms with E-state index < -0.39 is 0 Å². The van der Waals surface area contributed by atoms with Gasteiger partial charge in [0.05, 0.1) is 16.3 Å². The first kappa shape index (κ1) is 18.1. The highest BCUT2D eigenvalue weighted by molar-refractivity contribution is 7.19. The van der Waals surface area contributed by atoms with E-state index in [2.05, 4.69) is 46.4 Å². The summed E-state index contributed by atoms with van der Waals surface area (Å²) >= 11 is 1.63. The van der Waals surface area contributed by atoms with Crippen LogP contribution in [-0.2, 0) is 0 Å². The third-order valence-corrected chi connectivity index (χ3v) is 5.63. The van der Waals surface area contributed by atoms with Crippen molar-refractivity contribution >= 4 is 33.8 Å². The van der Waals surface area contributed by atoms with E-state index in [1.165, 1.54) is 5.56 Å². The summed E-state index contributed by atoms with van der Waals surface area (Å²) in [5, 5.41) is 4.22. The Morgan fingerprint density at radius 1 is 0.929 bits per heavy atom. The van der Waals surface area contributed by atoms with Crippen LogP contribution in [0, 0.1) is 13.8 Å². The van der Waals surface area contributed by atoms with Crippen molar-refractivity contribution in [2.24, 2.45) is 0 Å². The summed E-state index contributed by atoms with van der Waals surface area (Å²) in [6.07, 6.45) is 1.78. The number of hydrogen-bond donors (Lipinski definition) is 1. The highest BCUT2D eigenvalue weighted by Crippen LogP contribution is 2.36. The molecule has 2 heterocycles. The predicted octanol–water partition coefficient (Wildman–Crippen LogP) is 5.73. The maximum Gasteiger partial charge on any atom is 0.227 e. The maximum atomic E-state index is 4.75. The quantitative estimate of drug-likeness (QED) is 0.474. The van der Waals surface area contributed by atoms with Gasteiger partial charge in [0, 0.05) is 24.6 Å². The van der Waals surface area contributed by atoms with Gasteiger partial charge in [-0.15, -0.1) is 0 Å². The van der Waals surface area contributed by atoms with Crippen molar-refractivity contribution in [3.63, 3.8) is 0 Å². The molecule has 5 nitrogen and oxygen atoms in total. The van der Waals surface area contributed by atoms with Crippen molar-refractivity contribution in [1.29, 1.82) is 0 Å². The molecule has 0 aliphatic heterocycles. The molecule has 0 saturated heterocycles. The Morgan fingerprint density at radius 2 is 1.75 bits per heavy atom. The summed E-state index contributed by atoms with van der Waals surface area (Å²) < 4.78 is 0. The zero-order valence-corrected chi connectivity index (χ0v) is 16.9. The van der Waals surface area contributed by atoms with Crippen LogP contribution in [0.3, 0.4) is 0 Å². The van der Waals surface area contributed by atoms with Gasteiger partial charge in [-0.05, 0) is 49.7 Å². The third kappa shape index (κ3) is 3.87. The van der Waals surface area contributed by atoms with Crippen molar-refractivity contribution in [2.45, 2.75) is 13.8 Å². The topological polar surface area (TPSA) is 53.9 Å². The fourth-order valence-electron chi connectivity index (χ4n) is 2.92. The number of hydrogen-bond acceptors (Lipinski definition) is 6. The SMILES string of the molecule is Cc1cccc(Nc2nccc(-c3sc(N(C)c4ccccc4)nc3C)n2)c1. The lowest BCUT2D eigenvalue weighted by Crippen LogP contribution is -2.08. The number of benzene rings is 2. The van der Waals surface area contributed by atoms with Gasteiger partial charge < -0.3 is 10.2 Å². The van der Waals surface area contributed by atoms with E-state index in [4.69, 9.17) is 9.97 Å². The lowest BCUT2D eigenvalue weighted by molar-refractivity contribution is 1.13. The van der Waals surface area contributed by atoms with E-state index in [0.717, 1.165) is 32.8 Å². The maximum absolute atomic E-state index is 4.75. The van der Waals surface area contributed by atoms with Crippen LogP contribution in [0.1, 0.15) is 11.3 Å². The van der Waals surface area contributed by atoms with Gasteiger partial charge in [0.25, 0.3) is 0 Å². The summed E-state index contributed by atoms with van der Waals surface area (Å²) in [6, 6.07) is 20.3. The Bertz CT molecular complexity index is 1090. The summed E-state index contributed by atoms with van der Waals surface area (Å²) in [7, 11) is 2.03. The van der Waals surface area contributed by atoms with Gasteiger partial charge in [-0.25, -0.2) is 15.0 Å². The zero-order valence-electron chi connectivity index (χ0n) is 16.0. The van der Waals surface area contributed by atoms with Gasteiger partial charge in [0.1, 0.15) is 0 Å². The van der Waals surface area contributed by atoms with Crippen molar-refractivity contribution in [1.82, 2.24) is 15.0 Å². The molecule has 0 aliphatic rings. The number of rotatable bonds is 5. The minimum Gasteiger partial charge on any atom is -0.324 e. The van der Waals surface area contributed by atoms with Crippen molar-refractivity contribution in [2.75, 3.05) is 17.3 Å². The molecule has 28 heavy (non-hydrogen) atoms. The molecule has 0 amide bonds. The molecule has 0 saturated carbocycles. The highest BCUT2D eigenvalue weighted by Gasteiger charge is 2.15. The number of thiazole rings is 1. The third-order valence-electron chi connectivity index (χ3n) is 4.38. The van der Waals surface area contributed by atoms with Crippen LogP contribution in [0.15, 0.2) is 66.9 Å². The standard InChI is InChI=1S/C22H21N5S/c1-15-8-7-9-17(14-15)25-21-23-13-12-19(26-21)20-16(2)24-22(28-20)27(3)18-10-5-4-6-11-18/h4-14H,1-3H3,(H,23,25,26). The molecule has 4 rings (SSSR count). The average Bonchev–Trinajstić information content (AvgIpc) is 3.10. The van der Waals surface area contributed by atoms with Gasteiger partial charge in [0.2, 0.25) is 5.95 Å². The van der Waals surface area contributed by atoms with E-state index in [9.17, 15) is 0 Å². The molecule has 0 atom stereocenters. The lowest BCUT2D eigenvalue weighted by atomic mass is 10.2. The van der Waals surface area contributed by atoms with E-state index in [1.807, 2.05) is 50.4 Å². The summed E-state index contributed by atoms with van der Waals surface area (Å²) in [5.74, 6) is 0.578. The smallest absolute Gasteiger partial charge is 0.227 e. The van der Waals surface area contributed by atoms with Crippen LogP contribution in [0.25, 0.3) is 10.6 Å². The molecule has 0 spiro atoms. The second kappa shape index (κ2) is 7.78. The summed E-state index contributed by atoms with van der Waals surface area (Å²) in [6.45, 7) is 4.08. The van der Waals surface area contributed by atoms with Crippen LogP contribution in [0.2, 0.25) is 0 Å². The Hall–Kier alpha value is -3.25. The van der Waals surface area contributed by atoms with Crippen molar-refractivity contribution < 1.29 is 0 Å². The molecule has 6 heteroatoms. The second-order valence-corrected chi connectivity index (χ2v) is 7.54. The molecule has 0 aliphatic carbocycles. The van der Waals surface area contributed by atoms with Crippen LogP contribution in [-0.4, -0.2) is 22.0 Å². The first-order chi connectivity index (χ1) is 13.6. The first-order valence-electron chi connectivity index (χ1n) is 9.03. The molecule has 1 N–H and O–H groups in total. The molecule has 2 aromatic carbocycles. The number of anilines is 4. The Morgan fingerprint density at radius 3 is 2.54 bits per heavy atom. The number of nitrogens with zero attached hydrogens (tertiary/aromatic N) is 4. The second-order valence-electron chi connectivity index (χ2n) is 6.57. The molecule has 0 fully saturated rings. The van der Waals surface area contributed by atoms with Gasteiger partial charge in [-0.3, -0.25) is 0 Å². The summed E-state index contributed by atoms with van der Waals surface area (Å²) in [5.41, 5.74) is 5.10. The van der Waals surface area contributed by atoms with Gasteiger partial charge in [-0.1, -0.05) is 41.7 Å². The fraction of sp³-hybridized carbons (Fsp3) is 0.136. The Kier molecular flexibility index (Phi) is 5.04. The number of nitrogens with one attached hydrogen (secondary N) is 1. The molecule has 2 aromatic heterocycles. The van der Waals surface area contributed by atoms with Crippen molar-refractivity contribution in [3.05, 3.63) is 78.1 Å². The van der Waals surface area contributed by atoms with Gasteiger partial charge >= 0.3 is 0 Å². The molecular formula is C22H21N5S. The molecule has 0 unspecified atom stereocenters. The molecule has 4 aromatic rings. The molecule has 140 valence electrons. The van der Waals surface area contributed by atoms with Crippen LogP contribution >= 0.6 is 11.3 Å². The molecule has 0 bridgehead atoms. The average molecular weight is 388 g/mol. The molecular weight excluding hydrogens is 366 g/mol. The number of aromatic nitrogens is 3. The Balaban J connectivity index is 1.62. The van der Waals surface area contributed by atoms with Gasteiger partial charge in [-0.2, -0.15) is 0 Å². The monoisotopic (exact) mass is 387 g/mol. The highest BCUT2D eigenvalue weighted by atomic mass is 32.1. The zero-order chi connectivity index (χ0) is 19.5. The molecule has 0 radical (unpaired) electrons. The first-order valence-corrected chi connectivity index (χ1v) is 9.85. The fourth-order valence-corrected chi connectivity index (χ4v) is 3.94. The summed E-state index contributed by atoms with van der Waals surface area (Å²) in [4.78, 5) is 17.0. The number of para-hydroxylation sites is 1. The minimum absolute atomic E-state index is 0.578. The van der Waals surface area contributed by atoms with Crippen molar-refractivity contribution in [3.8, 4) is 10.6 Å². The normalized spacial score (nSPS) is 10.7. The van der Waals surface area contributed by atoms with Gasteiger partial charge in [0.15, 0.2) is 5.13 Å². The van der Waals surface area contributed by atoms with Crippen LogP contribution < -0.4 is 10.2 Å². The number of aryl methyl sites for hydroxylation is 2. The minimum atomic E-state index is 0.578.